The van der Waals surface area contributed by atoms with Crippen LogP contribution < -0.4 is 14.9 Å². The zero-order chi connectivity index (χ0) is 26.6. The largest absolute Gasteiger partial charge is 0.554 e. The number of piperidine rings is 3. The van der Waals surface area contributed by atoms with Crippen molar-refractivity contribution in [2.45, 2.75) is 39.0 Å². The van der Waals surface area contributed by atoms with Crippen LogP contribution in [-0.4, -0.2) is 62.6 Å². The van der Waals surface area contributed by atoms with Crippen LogP contribution in [0.4, 0.5) is 26.3 Å². The summed E-state index contributed by atoms with van der Waals surface area (Å²) in [7, 11) is 0. The molecule has 0 amide bonds. The maximum Gasteiger partial charge on any atom is 0.430 e. The lowest BCUT2D eigenvalue weighted by Gasteiger charge is -2.49. The highest BCUT2D eigenvalue weighted by atomic mass is 32.1. The molecule has 198 valence electrons. The van der Waals surface area contributed by atoms with Crippen molar-refractivity contribution < 1.29 is 55.4 Å². The first-order chi connectivity index (χ1) is 16.3. The number of alkyl halides is 6. The van der Waals surface area contributed by atoms with Crippen LogP contribution in [0.3, 0.4) is 0 Å². The number of aliphatic carboxylic acids is 1. The van der Waals surface area contributed by atoms with Crippen LogP contribution in [0.2, 0.25) is 0 Å². The van der Waals surface area contributed by atoms with Crippen molar-refractivity contribution in [3.8, 4) is 5.75 Å². The van der Waals surface area contributed by atoms with Gasteiger partial charge >= 0.3 is 12.9 Å². The summed E-state index contributed by atoms with van der Waals surface area (Å²) in [6, 6.07) is 8.77. The predicted octanol–water partition coefficient (Wildman–Crippen LogP) is 3.06. The fourth-order valence-electron chi connectivity index (χ4n) is 4.07. The Labute approximate surface area is 202 Å². The highest BCUT2D eigenvalue weighted by Gasteiger charge is 2.39. The number of thiophene rings is 1. The standard InChI is InChI=1S/C18H24NOS.C2HF3O2.CHF3.CH2O2/c1-14-12-16-13-17(2-3-18(16)21-14)20-11-10-19-7-4-15(5-8-19)6-9-19;3-2(4,5)1(6)7;2-1(3)4;2-1-3/h2-3,12-13,15H,4-11H2,1H3;(H,6,7);1H;1H,(H,2,3)/q+1;;;/p-2. The minimum absolute atomic E-state index is 0.500. The quantitative estimate of drug-likeness (QED) is 0.345. The summed E-state index contributed by atoms with van der Waals surface area (Å²) in [5, 5.41) is 18.4. The maximum atomic E-state index is 10.5. The van der Waals surface area contributed by atoms with Crippen molar-refractivity contribution >= 4 is 33.9 Å². The first kappa shape index (κ1) is 30.5. The van der Waals surface area contributed by atoms with Crippen LogP contribution in [0.1, 0.15) is 24.1 Å². The van der Waals surface area contributed by atoms with E-state index in [4.69, 9.17) is 24.5 Å². The molecule has 0 atom stereocenters. The molecule has 3 aliphatic rings. The van der Waals surface area contributed by atoms with Crippen LogP contribution in [0.5, 0.6) is 5.75 Å². The molecule has 2 bridgehead atoms. The highest BCUT2D eigenvalue weighted by molar-refractivity contribution is 7.19. The van der Waals surface area contributed by atoms with Gasteiger partial charge in [-0.3, -0.25) is 0 Å². The number of carboxylic acids is 1. The number of carbonyl (C=O) groups is 2. The Kier molecular flexibility index (Phi) is 12.3. The van der Waals surface area contributed by atoms with Gasteiger partial charge in [0.25, 0.3) is 0 Å². The molecule has 0 aliphatic carbocycles. The molecule has 0 N–H and O–H groups in total. The van der Waals surface area contributed by atoms with E-state index in [-0.39, 0.29) is 0 Å². The normalized spacial score (nSPS) is 20.5. The summed E-state index contributed by atoms with van der Waals surface area (Å²) in [4.78, 5) is 18.4. The fraction of sp³-hybridized carbons (Fsp3) is 0.545. The number of halogens is 6. The summed E-state index contributed by atoms with van der Waals surface area (Å²) in [5.41, 5.74) is 0. The Morgan fingerprint density at radius 1 is 1.17 bits per heavy atom. The highest BCUT2D eigenvalue weighted by Crippen LogP contribution is 2.33. The molecule has 1 aromatic heterocycles. The number of hydrogen-bond donors (Lipinski definition) is 0. The minimum atomic E-state index is -5.19. The van der Waals surface area contributed by atoms with E-state index in [1.807, 2.05) is 11.3 Å². The molecule has 2 aromatic rings. The molecule has 0 unspecified atom stereocenters. The maximum absolute atomic E-state index is 10.5. The van der Waals surface area contributed by atoms with Gasteiger partial charge in [0.05, 0.1) is 19.6 Å². The third kappa shape index (κ3) is 11.2. The first-order valence-corrected chi connectivity index (χ1v) is 11.4. The average Bonchev–Trinajstić information content (AvgIpc) is 3.14. The van der Waals surface area contributed by atoms with Crippen LogP contribution in [0.15, 0.2) is 24.3 Å². The molecular weight excluding hydrogens is 504 g/mol. The molecule has 6 nitrogen and oxygen atoms in total. The van der Waals surface area contributed by atoms with Gasteiger partial charge in [-0.2, -0.15) is 26.3 Å². The van der Waals surface area contributed by atoms with E-state index in [9.17, 15) is 26.3 Å². The molecule has 4 heterocycles. The van der Waals surface area contributed by atoms with Gasteiger partial charge in [-0.05, 0) is 61.8 Å². The minimum Gasteiger partial charge on any atom is -0.554 e. The van der Waals surface area contributed by atoms with E-state index in [1.165, 1.54) is 64.9 Å². The molecule has 0 spiro atoms. The Bertz CT molecular complexity index is 912. The number of ether oxygens (including phenoxy) is 1. The van der Waals surface area contributed by atoms with Crippen molar-refractivity contribution in [2.75, 3.05) is 32.8 Å². The molecule has 35 heavy (non-hydrogen) atoms. The van der Waals surface area contributed by atoms with Crippen molar-refractivity contribution in [1.82, 2.24) is 0 Å². The van der Waals surface area contributed by atoms with Crippen molar-refractivity contribution in [2.24, 2.45) is 5.92 Å². The number of fused-ring (bicyclic) bond motifs is 4. The molecule has 3 fully saturated rings. The Morgan fingerprint density at radius 2 is 1.66 bits per heavy atom. The van der Waals surface area contributed by atoms with Crippen molar-refractivity contribution in [3.63, 3.8) is 0 Å². The molecule has 3 saturated heterocycles. The van der Waals surface area contributed by atoms with Crippen LogP contribution >= 0.6 is 11.3 Å². The number of hydrogen-bond acceptors (Lipinski definition) is 6. The number of benzene rings is 1. The second-order valence-electron chi connectivity index (χ2n) is 8.00. The van der Waals surface area contributed by atoms with E-state index in [0.29, 0.717) is 0 Å². The van der Waals surface area contributed by atoms with Gasteiger partial charge in [-0.15, -0.1) is 11.3 Å². The predicted molar refractivity (Wildman–Crippen MR) is 113 cm³/mol. The van der Waals surface area contributed by atoms with Crippen LogP contribution in [0, 0.1) is 12.8 Å². The lowest BCUT2D eigenvalue weighted by Crippen LogP contribution is -2.59. The Hall–Kier alpha value is -2.54. The van der Waals surface area contributed by atoms with E-state index in [0.717, 1.165) is 18.3 Å². The molecule has 0 radical (unpaired) electrons. The lowest BCUT2D eigenvalue weighted by molar-refractivity contribution is -0.942. The van der Waals surface area contributed by atoms with Crippen molar-refractivity contribution in [1.29, 1.82) is 0 Å². The molecule has 5 rings (SSSR count). The smallest absolute Gasteiger partial charge is 0.430 e. The summed E-state index contributed by atoms with van der Waals surface area (Å²) >= 11 is 1.86. The van der Waals surface area contributed by atoms with Gasteiger partial charge in [0.2, 0.25) is 0 Å². The third-order valence-electron chi connectivity index (χ3n) is 5.71. The molecule has 0 saturated carbocycles. The number of rotatable bonds is 4. The van der Waals surface area contributed by atoms with E-state index in [2.05, 4.69) is 31.2 Å². The number of quaternary nitrogens is 1. The summed E-state index contributed by atoms with van der Waals surface area (Å²) in [6.45, 7) is 4.21. The Balaban J connectivity index is 0.000000365. The van der Waals surface area contributed by atoms with E-state index < -0.39 is 25.3 Å². The molecule has 13 heteroatoms. The van der Waals surface area contributed by atoms with E-state index in [1.54, 1.807) is 0 Å². The first-order valence-electron chi connectivity index (χ1n) is 10.6. The SMILES string of the molecule is Cc1cc2cc(OCC[N+]34CCC(CC3)CC4)ccc2s1.FC(F)F.O=C([O-])C(F)(F)F.O=C[O-]. The van der Waals surface area contributed by atoms with Gasteiger partial charge in [-0.25, -0.2) is 0 Å². The number of nitrogens with zero attached hydrogens (tertiary/aromatic N) is 1. The average molecular weight is 531 g/mol. The van der Waals surface area contributed by atoms with Crippen molar-refractivity contribution in [3.05, 3.63) is 29.1 Å². The number of carbonyl (C=O) groups excluding carboxylic acids is 2. The topological polar surface area (TPSA) is 89.5 Å². The zero-order valence-electron chi connectivity index (χ0n) is 18.9. The number of aryl methyl sites for hydroxylation is 1. The fourth-order valence-corrected chi connectivity index (χ4v) is 4.98. The van der Waals surface area contributed by atoms with Gasteiger partial charge in [0.1, 0.15) is 24.9 Å². The number of carboxylic acid groups (broad SMARTS) is 2. The summed E-state index contributed by atoms with van der Waals surface area (Å²) in [6.07, 6.45) is -0.861. The molecular formula is C22H26F6NO5S-. The van der Waals surface area contributed by atoms with Crippen LogP contribution in [0.25, 0.3) is 10.1 Å². The third-order valence-corrected chi connectivity index (χ3v) is 6.74. The second kappa shape index (κ2) is 14.1. The Morgan fingerprint density at radius 3 is 2.11 bits per heavy atom. The summed E-state index contributed by atoms with van der Waals surface area (Å²) in [5.74, 6) is -0.937. The monoisotopic (exact) mass is 530 g/mol. The molecule has 1 aromatic carbocycles. The summed E-state index contributed by atoms with van der Waals surface area (Å²) < 4.78 is 69.3. The van der Waals surface area contributed by atoms with Crippen LogP contribution in [-0.2, 0) is 9.59 Å². The lowest BCUT2D eigenvalue weighted by atomic mass is 9.86. The van der Waals surface area contributed by atoms with E-state index >= 15 is 0 Å². The van der Waals surface area contributed by atoms with Gasteiger partial charge in [0, 0.05) is 16.0 Å². The van der Waals surface area contributed by atoms with Gasteiger partial charge < -0.3 is 29.0 Å². The second-order valence-corrected chi connectivity index (χ2v) is 9.29. The van der Waals surface area contributed by atoms with Gasteiger partial charge in [-0.1, -0.05) is 0 Å². The molecule has 3 aliphatic heterocycles. The zero-order valence-corrected chi connectivity index (χ0v) is 19.7. The van der Waals surface area contributed by atoms with Gasteiger partial charge in [0.15, 0.2) is 0 Å².